The van der Waals surface area contributed by atoms with Gasteiger partial charge in [-0.3, -0.25) is 4.90 Å². The van der Waals surface area contributed by atoms with E-state index in [1.54, 1.807) is 0 Å². The number of rotatable bonds is 4. The van der Waals surface area contributed by atoms with Crippen molar-refractivity contribution >= 4 is 11.7 Å². The van der Waals surface area contributed by atoms with Crippen LogP contribution in [0.15, 0.2) is 53.1 Å². The molecule has 154 valence electrons. The van der Waals surface area contributed by atoms with Crippen molar-refractivity contribution in [2.45, 2.75) is 18.5 Å². The molecule has 2 aromatic carbocycles. The summed E-state index contributed by atoms with van der Waals surface area (Å²) in [6.07, 6.45) is 0.682. The molecule has 1 saturated heterocycles. The molecule has 0 aliphatic carbocycles. The molecular formula is C21H21N5O4. The van der Waals surface area contributed by atoms with E-state index in [0.29, 0.717) is 36.2 Å². The number of para-hydroxylation sites is 1. The Bertz CT molecular complexity index is 1050. The molecule has 2 N–H and O–H groups in total. The van der Waals surface area contributed by atoms with E-state index in [0.717, 1.165) is 11.3 Å². The normalized spacial score (nSPS) is 20.3. The maximum Gasteiger partial charge on any atom is 0.319 e. The van der Waals surface area contributed by atoms with Crippen LogP contribution in [0.1, 0.15) is 18.4 Å². The summed E-state index contributed by atoms with van der Waals surface area (Å²) in [6, 6.07) is 14.6. The zero-order valence-electron chi connectivity index (χ0n) is 16.4. The van der Waals surface area contributed by atoms with Gasteiger partial charge in [0.05, 0.1) is 6.04 Å². The molecule has 3 heterocycles. The number of carbonyl (C=O) groups excluding carboxylic acids is 1. The lowest BCUT2D eigenvalue weighted by Gasteiger charge is -2.14. The summed E-state index contributed by atoms with van der Waals surface area (Å²) < 4.78 is 16.3. The van der Waals surface area contributed by atoms with E-state index >= 15 is 0 Å². The molecule has 3 aromatic rings. The summed E-state index contributed by atoms with van der Waals surface area (Å²) >= 11 is 0. The second kappa shape index (κ2) is 7.68. The predicted molar refractivity (Wildman–Crippen MR) is 108 cm³/mol. The minimum atomic E-state index is -0.230. The van der Waals surface area contributed by atoms with Crippen molar-refractivity contribution in [2.75, 3.05) is 25.7 Å². The van der Waals surface area contributed by atoms with Gasteiger partial charge in [0.25, 0.3) is 0 Å². The molecule has 0 bridgehead atoms. The summed E-state index contributed by atoms with van der Waals surface area (Å²) in [7, 11) is 1.98. The molecule has 0 spiro atoms. The van der Waals surface area contributed by atoms with Crippen molar-refractivity contribution < 1.29 is 18.8 Å². The van der Waals surface area contributed by atoms with E-state index in [1.807, 2.05) is 55.6 Å². The van der Waals surface area contributed by atoms with Gasteiger partial charge in [-0.1, -0.05) is 23.4 Å². The van der Waals surface area contributed by atoms with E-state index in [4.69, 9.17) is 14.0 Å². The van der Waals surface area contributed by atoms with E-state index < -0.39 is 0 Å². The maximum atomic E-state index is 12.3. The number of aromatic nitrogens is 2. The molecule has 2 amide bonds. The molecular weight excluding hydrogens is 386 g/mol. The zero-order valence-corrected chi connectivity index (χ0v) is 16.4. The van der Waals surface area contributed by atoms with E-state index in [-0.39, 0.29) is 24.9 Å². The molecule has 1 aromatic heterocycles. The SMILES string of the molecule is CN1CC(NC(=O)Nc2ccccc2)CC1c1nc(-c2ccc3c(c2)OCO3)no1. The predicted octanol–water partition coefficient (Wildman–Crippen LogP) is 3.03. The van der Waals surface area contributed by atoms with Crippen LogP contribution in [-0.4, -0.2) is 47.5 Å². The molecule has 2 atom stereocenters. The number of ether oxygens (including phenoxy) is 2. The second-order valence-corrected chi connectivity index (χ2v) is 7.38. The molecule has 9 heteroatoms. The van der Waals surface area contributed by atoms with Crippen LogP contribution < -0.4 is 20.1 Å². The van der Waals surface area contributed by atoms with Crippen molar-refractivity contribution in [3.05, 3.63) is 54.4 Å². The van der Waals surface area contributed by atoms with Gasteiger partial charge in [0, 0.05) is 23.8 Å². The fraction of sp³-hybridized carbons (Fsp3) is 0.286. The lowest BCUT2D eigenvalue weighted by atomic mass is 10.1. The highest BCUT2D eigenvalue weighted by atomic mass is 16.7. The fourth-order valence-electron chi connectivity index (χ4n) is 3.79. The number of benzene rings is 2. The molecule has 0 saturated carbocycles. The van der Waals surface area contributed by atoms with Gasteiger partial charge in [0.2, 0.25) is 18.5 Å². The van der Waals surface area contributed by atoms with Crippen LogP contribution in [0.4, 0.5) is 10.5 Å². The van der Waals surface area contributed by atoms with Crippen LogP contribution in [0.2, 0.25) is 0 Å². The van der Waals surface area contributed by atoms with Crippen molar-refractivity contribution in [3.8, 4) is 22.9 Å². The molecule has 0 radical (unpaired) electrons. The van der Waals surface area contributed by atoms with Gasteiger partial charge in [-0.2, -0.15) is 4.98 Å². The number of likely N-dealkylation sites (N-methyl/N-ethyl adjacent to an activating group) is 1. The number of nitrogens with zero attached hydrogens (tertiary/aromatic N) is 3. The Morgan fingerprint density at radius 1 is 1.13 bits per heavy atom. The van der Waals surface area contributed by atoms with Gasteiger partial charge in [-0.15, -0.1) is 0 Å². The quantitative estimate of drug-likeness (QED) is 0.685. The van der Waals surface area contributed by atoms with Gasteiger partial charge in [-0.05, 0) is 43.8 Å². The molecule has 1 fully saturated rings. The maximum absolute atomic E-state index is 12.3. The van der Waals surface area contributed by atoms with Crippen molar-refractivity contribution in [1.82, 2.24) is 20.4 Å². The minimum Gasteiger partial charge on any atom is -0.454 e. The third-order valence-electron chi connectivity index (χ3n) is 5.27. The smallest absolute Gasteiger partial charge is 0.319 e. The highest BCUT2D eigenvalue weighted by Crippen LogP contribution is 2.36. The molecule has 2 unspecified atom stereocenters. The van der Waals surface area contributed by atoms with E-state index in [1.165, 1.54) is 0 Å². The topological polar surface area (TPSA) is 102 Å². The number of carbonyl (C=O) groups is 1. The third kappa shape index (κ3) is 3.67. The van der Waals surface area contributed by atoms with Crippen LogP contribution in [0, 0.1) is 0 Å². The van der Waals surface area contributed by atoms with Crippen molar-refractivity contribution in [1.29, 1.82) is 0 Å². The summed E-state index contributed by atoms with van der Waals surface area (Å²) in [4.78, 5) is 19.0. The number of fused-ring (bicyclic) bond motifs is 1. The Morgan fingerprint density at radius 2 is 1.97 bits per heavy atom. The van der Waals surface area contributed by atoms with Crippen LogP contribution in [-0.2, 0) is 0 Å². The third-order valence-corrected chi connectivity index (χ3v) is 5.27. The number of hydrogen-bond acceptors (Lipinski definition) is 7. The van der Waals surface area contributed by atoms with Gasteiger partial charge >= 0.3 is 6.03 Å². The Balaban J connectivity index is 1.24. The van der Waals surface area contributed by atoms with Crippen molar-refractivity contribution in [3.63, 3.8) is 0 Å². The second-order valence-electron chi connectivity index (χ2n) is 7.38. The van der Waals surface area contributed by atoms with Gasteiger partial charge < -0.3 is 24.6 Å². The van der Waals surface area contributed by atoms with Gasteiger partial charge in [0.15, 0.2) is 11.5 Å². The Kier molecular flexibility index (Phi) is 4.72. The molecule has 2 aliphatic heterocycles. The lowest BCUT2D eigenvalue weighted by Crippen LogP contribution is -2.39. The lowest BCUT2D eigenvalue weighted by molar-refractivity contribution is 0.174. The summed E-state index contributed by atoms with van der Waals surface area (Å²) in [6.45, 7) is 0.907. The number of urea groups is 1. The average molecular weight is 407 g/mol. The number of anilines is 1. The summed E-state index contributed by atoms with van der Waals surface area (Å²) in [5.74, 6) is 2.40. The Labute approximate surface area is 173 Å². The van der Waals surface area contributed by atoms with Crippen LogP contribution in [0.5, 0.6) is 11.5 Å². The van der Waals surface area contributed by atoms with Crippen molar-refractivity contribution in [2.24, 2.45) is 0 Å². The van der Waals surface area contributed by atoms with Crippen LogP contribution >= 0.6 is 0 Å². The first-order valence-corrected chi connectivity index (χ1v) is 9.72. The highest BCUT2D eigenvalue weighted by molar-refractivity contribution is 5.89. The number of hydrogen-bond donors (Lipinski definition) is 2. The first kappa shape index (κ1) is 18.4. The number of amides is 2. The molecule has 30 heavy (non-hydrogen) atoms. The Hall–Kier alpha value is -3.59. The fourth-order valence-corrected chi connectivity index (χ4v) is 3.79. The van der Waals surface area contributed by atoms with E-state index in [2.05, 4.69) is 25.7 Å². The van der Waals surface area contributed by atoms with Gasteiger partial charge in [0.1, 0.15) is 0 Å². The van der Waals surface area contributed by atoms with Gasteiger partial charge in [-0.25, -0.2) is 4.79 Å². The van der Waals surface area contributed by atoms with Crippen LogP contribution in [0.3, 0.4) is 0 Å². The summed E-state index contributed by atoms with van der Waals surface area (Å²) in [5.41, 5.74) is 1.55. The monoisotopic (exact) mass is 407 g/mol. The average Bonchev–Trinajstić information content (AvgIpc) is 3.47. The van der Waals surface area contributed by atoms with Crippen LogP contribution in [0.25, 0.3) is 11.4 Å². The first-order valence-electron chi connectivity index (χ1n) is 9.72. The molecule has 9 nitrogen and oxygen atoms in total. The highest BCUT2D eigenvalue weighted by Gasteiger charge is 2.35. The first-order chi connectivity index (χ1) is 14.7. The minimum absolute atomic E-state index is 0.0235. The molecule has 2 aliphatic rings. The largest absolute Gasteiger partial charge is 0.454 e. The summed E-state index contributed by atoms with van der Waals surface area (Å²) in [5, 5.41) is 9.98. The standard InChI is InChI=1S/C21H21N5O4/c1-26-11-15(23-21(27)22-14-5-3-2-4-6-14)10-16(26)20-24-19(25-30-20)13-7-8-17-18(9-13)29-12-28-17/h2-9,15-16H,10-12H2,1H3,(H2,22,23,27). The van der Waals surface area contributed by atoms with E-state index in [9.17, 15) is 4.79 Å². The zero-order chi connectivity index (χ0) is 20.5. The number of nitrogens with one attached hydrogen (secondary N) is 2. The Morgan fingerprint density at radius 3 is 2.83 bits per heavy atom. The molecule has 5 rings (SSSR count). The number of likely N-dealkylation sites (tertiary alicyclic amines) is 1.